The van der Waals surface area contributed by atoms with Crippen LogP contribution in [0.15, 0.2) is 24.3 Å². The third kappa shape index (κ3) is 4.56. The molecule has 4 nitrogen and oxygen atoms in total. The number of carbonyl (C=O) groups excluding carboxylic acids is 1. The maximum atomic E-state index is 10.6. The minimum absolute atomic E-state index is 0.206. The number of nitrogens with two attached hydrogens (primary N) is 1. The van der Waals surface area contributed by atoms with Gasteiger partial charge in [-0.3, -0.25) is 4.79 Å². The summed E-state index contributed by atoms with van der Waals surface area (Å²) in [4.78, 5) is 13.0. The predicted molar refractivity (Wildman–Crippen MR) is 76.2 cm³/mol. The number of hydrogen-bond acceptors (Lipinski definition) is 3. The lowest BCUT2D eigenvalue weighted by molar-refractivity contribution is -0.118. The Morgan fingerprint density at radius 2 is 1.84 bits per heavy atom. The minimum atomic E-state index is -0.206. The average molecular weight is 262 g/mol. The summed E-state index contributed by atoms with van der Waals surface area (Å²) in [5.74, 6) is -0.206. The van der Waals surface area contributed by atoms with Crippen LogP contribution in [-0.4, -0.2) is 32.2 Å². The van der Waals surface area contributed by atoms with Gasteiger partial charge in [0.25, 0.3) is 0 Å². The van der Waals surface area contributed by atoms with E-state index in [-0.39, 0.29) is 5.91 Å². The van der Waals surface area contributed by atoms with Gasteiger partial charge >= 0.3 is 0 Å². The van der Waals surface area contributed by atoms with E-state index in [0.717, 1.165) is 45.6 Å². The summed E-state index contributed by atoms with van der Waals surface area (Å²) in [6.45, 7) is 3.57. The molecule has 0 unspecified atom stereocenters. The van der Waals surface area contributed by atoms with Crippen LogP contribution in [-0.2, 0) is 16.0 Å². The third-order valence-electron chi connectivity index (χ3n) is 3.45. The van der Waals surface area contributed by atoms with E-state index < -0.39 is 0 Å². The van der Waals surface area contributed by atoms with Crippen molar-refractivity contribution in [3.63, 3.8) is 0 Å². The zero-order chi connectivity index (χ0) is 13.5. The maximum Gasteiger partial charge on any atom is 0.217 e. The molecule has 0 spiro atoms. The van der Waals surface area contributed by atoms with Crippen LogP contribution in [0.1, 0.15) is 24.8 Å². The van der Waals surface area contributed by atoms with Crippen LogP contribution < -0.4 is 10.6 Å². The fourth-order valence-corrected chi connectivity index (χ4v) is 2.32. The minimum Gasteiger partial charge on any atom is -0.378 e. The number of primary amides is 1. The fourth-order valence-electron chi connectivity index (χ4n) is 2.32. The van der Waals surface area contributed by atoms with Crippen molar-refractivity contribution < 1.29 is 9.53 Å². The molecular weight excluding hydrogens is 240 g/mol. The van der Waals surface area contributed by atoms with Gasteiger partial charge in [0, 0.05) is 25.2 Å². The Bertz CT molecular complexity index is 397. The standard InChI is InChI=1S/C15H22N2O2/c16-15(18)4-2-1-3-13-5-7-14(8-6-13)17-9-11-19-12-10-17/h5-8H,1-4,9-12H2,(H2,16,18). The van der Waals surface area contributed by atoms with Crippen LogP contribution in [0.2, 0.25) is 0 Å². The fraction of sp³-hybridized carbons (Fsp3) is 0.533. The zero-order valence-corrected chi connectivity index (χ0v) is 11.3. The molecule has 1 fully saturated rings. The van der Waals surface area contributed by atoms with Crippen molar-refractivity contribution in [2.75, 3.05) is 31.2 Å². The Hall–Kier alpha value is -1.55. The number of amides is 1. The summed E-state index contributed by atoms with van der Waals surface area (Å²) >= 11 is 0. The number of nitrogens with zero attached hydrogens (tertiary/aromatic N) is 1. The molecule has 1 saturated heterocycles. The highest BCUT2D eigenvalue weighted by molar-refractivity contribution is 5.73. The first-order valence-corrected chi connectivity index (χ1v) is 6.95. The number of carbonyl (C=O) groups is 1. The first kappa shape index (κ1) is 13.9. The van der Waals surface area contributed by atoms with Gasteiger partial charge in [-0.1, -0.05) is 12.1 Å². The SMILES string of the molecule is NC(=O)CCCCc1ccc(N2CCOCC2)cc1. The van der Waals surface area contributed by atoms with Crippen molar-refractivity contribution in [2.45, 2.75) is 25.7 Å². The lowest BCUT2D eigenvalue weighted by Gasteiger charge is -2.28. The lowest BCUT2D eigenvalue weighted by Crippen LogP contribution is -2.36. The number of ether oxygens (including phenoxy) is 1. The maximum absolute atomic E-state index is 10.6. The quantitative estimate of drug-likeness (QED) is 0.794. The summed E-state index contributed by atoms with van der Waals surface area (Å²) < 4.78 is 5.35. The molecule has 0 aromatic heterocycles. The van der Waals surface area contributed by atoms with Crippen molar-refractivity contribution in [1.82, 2.24) is 0 Å². The monoisotopic (exact) mass is 262 g/mol. The Balaban J connectivity index is 1.79. The number of unbranched alkanes of at least 4 members (excludes halogenated alkanes) is 1. The summed E-state index contributed by atoms with van der Waals surface area (Å²) in [5.41, 5.74) is 7.71. The van der Waals surface area contributed by atoms with Gasteiger partial charge in [0.15, 0.2) is 0 Å². The van der Waals surface area contributed by atoms with Crippen LogP contribution >= 0.6 is 0 Å². The highest BCUT2D eigenvalue weighted by Crippen LogP contribution is 2.17. The molecule has 1 heterocycles. The normalized spacial score (nSPS) is 15.5. The van der Waals surface area contributed by atoms with Crippen LogP contribution in [0, 0.1) is 0 Å². The molecular formula is C15H22N2O2. The molecule has 4 heteroatoms. The van der Waals surface area contributed by atoms with Gasteiger partial charge in [-0.25, -0.2) is 0 Å². The van der Waals surface area contributed by atoms with Crippen molar-refractivity contribution in [1.29, 1.82) is 0 Å². The molecule has 1 aromatic rings. The topological polar surface area (TPSA) is 55.6 Å². The van der Waals surface area contributed by atoms with E-state index >= 15 is 0 Å². The molecule has 0 radical (unpaired) electrons. The van der Waals surface area contributed by atoms with Crippen molar-refractivity contribution in [3.8, 4) is 0 Å². The highest BCUT2D eigenvalue weighted by Gasteiger charge is 2.10. The number of anilines is 1. The van der Waals surface area contributed by atoms with Crippen LogP contribution in [0.25, 0.3) is 0 Å². The van der Waals surface area contributed by atoms with Crippen molar-refractivity contribution in [2.24, 2.45) is 5.73 Å². The van der Waals surface area contributed by atoms with E-state index in [4.69, 9.17) is 10.5 Å². The number of hydrogen-bond donors (Lipinski definition) is 1. The van der Waals surface area contributed by atoms with Crippen LogP contribution in [0.3, 0.4) is 0 Å². The number of benzene rings is 1. The Morgan fingerprint density at radius 3 is 2.47 bits per heavy atom. The molecule has 2 rings (SSSR count). The Labute approximate surface area is 114 Å². The molecule has 0 saturated carbocycles. The number of rotatable bonds is 6. The molecule has 0 atom stereocenters. The molecule has 1 aliphatic rings. The van der Waals surface area contributed by atoms with E-state index in [2.05, 4.69) is 29.2 Å². The smallest absolute Gasteiger partial charge is 0.217 e. The molecule has 1 amide bonds. The Kier molecular flexibility index (Phi) is 5.21. The van der Waals surface area contributed by atoms with Crippen molar-refractivity contribution in [3.05, 3.63) is 29.8 Å². The molecule has 0 aliphatic carbocycles. The van der Waals surface area contributed by atoms with Crippen LogP contribution in [0.4, 0.5) is 5.69 Å². The summed E-state index contributed by atoms with van der Waals surface area (Å²) in [6, 6.07) is 8.70. The first-order valence-electron chi connectivity index (χ1n) is 6.95. The highest BCUT2D eigenvalue weighted by atomic mass is 16.5. The Morgan fingerprint density at radius 1 is 1.16 bits per heavy atom. The zero-order valence-electron chi connectivity index (χ0n) is 11.3. The molecule has 1 aliphatic heterocycles. The lowest BCUT2D eigenvalue weighted by atomic mass is 10.1. The van der Waals surface area contributed by atoms with Crippen molar-refractivity contribution >= 4 is 11.6 Å². The van der Waals surface area contributed by atoms with E-state index in [1.54, 1.807) is 0 Å². The van der Waals surface area contributed by atoms with Gasteiger partial charge in [0.1, 0.15) is 0 Å². The molecule has 0 bridgehead atoms. The van der Waals surface area contributed by atoms with E-state index in [0.29, 0.717) is 6.42 Å². The van der Waals surface area contributed by atoms with Gasteiger partial charge in [-0.05, 0) is 37.0 Å². The van der Waals surface area contributed by atoms with E-state index in [1.807, 2.05) is 0 Å². The first-order chi connectivity index (χ1) is 9.25. The second-order valence-corrected chi connectivity index (χ2v) is 4.94. The van der Waals surface area contributed by atoms with Gasteiger partial charge in [-0.2, -0.15) is 0 Å². The summed E-state index contributed by atoms with van der Waals surface area (Å²) in [6.07, 6.45) is 3.39. The van der Waals surface area contributed by atoms with Gasteiger partial charge in [0.2, 0.25) is 5.91 Å². The van der Waals surface area contributed by atoms with Gasteiger partial charge in [-0.15, -0.1) is 0 Å². The van der Waals surface area contributed by atoms with E-state index in [9.17, 15) is 4.79 Å². The predicted octanol–water partition coefficient (Wildman–Crippen LogP) is 1.72. The molecule has 1 aromatic carbocycles. The van der Waals surface area contributed by atoms with Gasteiger partial charge in [0.05, 0.1) is 13.2 Å². The molecule has 2 N–H and O–H groups in total. The van der Waals surface area contributed by atoms with Crippen LogP contribution in [0.5, 0.6) is 0 Å². The van der Waals surface area contributed by atoms with Gasteiger partial charge < -0.3 is 15.4 Å². The number of morpholine rings is 1. The molecule has 19 heavy (non-hydrogen) atoms. The second kappa shape index (κ2) is 7.14. The largest absolute Gasteiger partial charge is 0.378 e. The average Bonchev–Trinajstić information content (AvgIpc) is 2.45. The molecule has 104 valence electrons. The third-order valence-corrected chi connectivity index (χ3v) is 3.45. The number of aryl methyl sites for hydroxylation is 1. The van der Waals surface area contributed by atoms with E-state index in [1.165, 1.54) is 11.3 Å². The summed E-state index contributed by atoms with van der Waals surface area (Å²) in [5, 5.41) is 0. The second-order valence-electron chi connectivity index (χ2n) is 4.94. The summed E-state index contributed by atoms with van der Waals surface area (Å²) in [7, 11) is 0.